The number of hydrogen-bond donors (Lipinski definition) is 1. The molecule has 1 aromatic rings. The van der Waals surface area contributed by atoms with E-state index in [0.29, 0.717) is 6.04 Å². The van der Waals surface area contributed by atoms with Crippen molar-refractivity contribution in [3.05, 3.63) is 21.9 Å². The summed E-state index contributed by atoms with van der Waals surface area (Å²) in [5.74, 6) is 0.927. The molecule has 0 saturated heterocycles. The first-order valence-corrected chi connectivity index (χ1v) is 8.31. The molecule has 0 radical (unpaired) electrons. The van der Waals surface area contributed by atoms with Crippen LogP contribution in [0.5, 0.6) is 0 Å². The van der Waals surface area contributed by atoms with Crippen LogP contribution in [0.1, 0.15) is 56.3 Å². The molecule has 1 aliphatic carbocycles. The van der Waals surface area contributed by atoms with Crippen molar-refractivity contribution < 1.29 is 0 Å². The molecule has 0 amide bonds. The number of hydrogen-bond acceptors (Lipinski definition) is 3. The molecule has 19 heavy (non-hydrogen) atoms. The van der Waals surface area contributed by atoms with E-state index in [9.17, 15) is 0 Å². The lowest BCUT2D eigenvalue weighted by Crippen LogP contribution is -2.34. The first-order chi connectivity index (χ1) is 8.95. The van der Waals surface area contributed by atoms with Gasteiger partial charge in [-0.1, -0.05) is 27.7 Å². The normalized spacial score (nSPS) is 18.0. The first-order valence-electron chi connectivity index (χ1n) is 7.50. The Labute approximate surface area is 122 Å². The molecular weight excluding hydrogens is 252 g/mol. The Balaban J connectivity index is 2.13. The Morgan fingerprint density at radius 1 is 1.37 bits per heavy atom. The maximum absolute atomic E-state index is 6.06. The average Bonchev–Trinajstić information content (AvgIpc) is 3.01. The molecule has 2 rings (SSSR count). The van der Waals surface area contributed by atoms with Gasteiger partial charge in [-0.05, 0) is 42.9 Å². The molecule has 1 saturated carbocycles. The van der Waals surface area contributed by atoms with Gasteiger partial charge in [-0.15, -0.1) is 11.3 Å². The second-order valence-corrected chi connectivity index (χ2v) is 7.85. The molecule has 0 spiro atoms. The zero-order valence-corrected chi connectivity index (χ0v) is 13.6. The summed E-state index contributed by atoms with van der Waals surface area (Å²) in [4.78, 5) is 5.47. The summed E-state index contributed by atoms with van der Waals surface area (Å²) in [6.07, 6.45) is 2.82. The SMILES string of the molecule is CCN(CC1CC1)C(CN)c1ccc(C(C)(C)C)s1. The molecule has 1 heterocycles. The van der Waals surface area contributed by atoms with Gasteiger partial charge in [0.2, 0.25) is 0 Å². The van der Waals surface area contributed by atoms with Gasteiger partial charge in [0.1, 0.15) is 0 Å². The largest absolute Gasteiger partial charge is 0.329 e. The van der Waals surface area contributed by atoms with Crippen molar-refractivity contribution in [2.45, 2.75) is 52.0 Å². The Morgan fingerprint density at radius 3 is 2.47 bits per heavy atom. The summed E-state index contributed by atoms with van der Waals surface area (Å²) in [6.45, 7) is 12.1. The summed E-state index contributed by atoms with van der Waals surface area (Å²) in [7, 11) is 0. The van der Waals surface area contributed by atoms with Crippen molar-refractivity contribution in [3.8, 4) is 0 Å². The van der Waals surface area contributed by atoms with E-state index in [0.717, 1.165) is 19.0 Å². The van der Waals surface area contributed by atoms with Crippen molar-refractivity contribution in [1.82, 2.24) is 4.90 Å². The third-order valence-corrected chi connectivity index (χ3v) is 5.57. The van der Waals surface area contributed by atoms with Crippen molar-refractivity contribution in [2.24, 2.45) is 11.7 Å². The monoisotopic (exact) mass is 280 g/mol. The summed E-state index contributed by atoms with van der Waals surface area (Å²) in [6, 6.07) is 4.98. The van der Waals surface area contributed by atoms with E-state index in [2.05, 4.69) is 44.7 Å². The number of thiophene rings is 1. The molecule has 2 nitrogen and oxygen atoms in total. The smallest absolute Gasteiger partial charge is 0.0564 e. The van der Waals surface area contributed by atoms with Gasteiger partial charge in [0.25, 0.3) is 0 Å². The molecule has 1 aromatic heterocycles. The van der Waals surface area contributed by atoms with Crippen LogP contribution < -0.4 is 5.73 Å². The molecule has 0 bridgehead atoms. The molecule has 1 atom stereocenters. The number of nitrogens with zero attached hydrogens (tertiary/aromatic N) is 1. The number of rotatable bonds is 6. The fraction of sp³-hybridized carbons (Fsp3) is 0.750. The Morgan fingerprint density at radius 2 is 2.05 bits per heavy atom. The standard InChI is InChI=1S/C16H28N2S/c1-5-18(11-12-6-7-12)13(10-17)14-8-9-15(19-14)16(2,3)4/h8-9,12-13H,5-7,10-11,17H2,1-4H3. The Bertz CT molecular complexity index is 401. The molecule has 0 aromatic carbocycles. The van der Waals surface area contributed by atoms with E-state index >= 15 is 0 Å². The van der Waals surface area contributed by atoms with Crippen LogP contribution >= 0.6 is 11.3 Å². The summed E-state index contributed by atoms with van der Waals surface area (Å²) in [5, 5.41) is 0. The number of likely N-dealkylation sites (N-methyl/N-ethyl adjacent to an activating group) is 1. The lowest BCUT2D eigenvalue weighted by molar-refractivity contribution is 0.206. The van der Waals surface area contributed by atoms with E-state index in [1.807, 2.05) is 11.3 Å². The lowest BCUT2D eigenvalue weighted by atomic mass is 9.95. The highest BCUT2D eigenvalue weighted by Gasteiger charge is 2.28. The predicted octanol–water partition coefficient (Wildman–Crippen LogP) is 3.78. The quantitative estimate of drug-likeness (QED) is 0.859. The predicted molar refractivity (Wildman–Crippen MR) is 84.8 cm³/mol. The van der Waals surface area contributed by atoms with Crippen LogP contribution in [-0.4, -0.2) is 24.5 Å². The molecule has 0 aliphatic heterocycles. The van der Waals surface area contributed by atoms with Crippen LogP contribution in [0.4, 0.5) is 0 Å². The summed E-state index contributed by atoms with van der Waals surface area (Å²) in [5.41, 5.74) is 6.31. The zero-order chi connectivity index (χ0) is 14.0. The highest BCUT2D eigenvalue weighted by atomic mass is 32.1. The third-order valence-electron chi connectivity index (χ3n) is 3.95. The second kappa shape index (κ2) is 5.94. The molecule has 1 fully saturated rings. The molecule has 108 valence electrons. The van der Waals surface area contributed by atoms with Crippen LogP contribution in [0.2, 0.25) is 0 Å². The number of nitrogens with two attached hydrogens (primary N) is 1. The van der Waals surface area contributed by atoms with Crippen LogP contribution in [0.15, 0.2) is 12.1 Å². The Hall–Kier alpha value is -0.380. The van der Waals surface area contributed by atoms with Crippen LogP contribution in [0.25, 0.3) is 0 Å². The molecule has 3 heteroatoms. The van der Waals surface area contributed by atoms with Crippen LogP contribution in [0.3, 0.4) is 0 Å². The fourth-order valence-electron chi connectivity index (χ4n) is 2.49. The van der Waals surface area contributed by atoms with Gasteiger partial charge >= 0.3 is 0 Å². The van der Waals surface area contributed by atoms with Crippen molar-refractivity contribution in [2.75, 3.05) is 19.6 Å². The molecule has 1 unspecified atom stereocenters. The van der Waals surface area contributed by atoms with Gasteiger partial charge in [-0.2, -0.15) is 0 Å². The minimum atomic E-state index is 0.246. The topological polar surface area (TPSA) is 29.3 Å². The van der Waals surface area contributed by atoms with Crippen molar-refractivity contribution in [1.29, 1.82) is 0 Å². The van der Waals surface area contributed by atoms with E-state index < -0.39 is 0 Å². The molecule has 2 N–H and O–H groups in total. The summed E-state index contributed by atoms with van der Waals surface area (Å²) >= 11 is 1.94. The van der Waals surface area contributed by atoms with Crippen LogP contribution in [0, 0.1) is 5.92 Å². The van der Waals surface area contributed by atoms with E-state index in [4.69, 9.17) is 5.73 Å². The van der Waals surface area contributed by atoms with Gasteiger partial charge in [0, 0.05) is 22.8 Å². The minimum Gasteiger partial charge on any atom is -0.329 e. The Kier molecular flexibility index (Phi) is 4.70. The lowest BCUT2D eigenvalue weighted by Gasteiger charge is -2.29. The third kappa shape index (κ3) is 3.80. The van der Waals surface area contributed by atoms with Gasteiger partial charge in [-0.25, -0.2) is 0 Å². The average molecular weight is 280 g/mol. The zero-order valence-electron chi connectivity index (χ0n) is 12.8. The van der Waals surface area contributed by atoms with E-state index in [1.54, 1.807) is 0 Å². The van der Waals surface area contributed by atoms with E-state index in [1.165, 1.54) is 29.1 Å². The maximum Gasteiger partial charge on any atom is 0.0564 e. The first kappa shape index (κ1) is 15.0. The molecular formula is C16H28N2S. The summed E-state index contributed by atoms with van der Waals surface area (Å²) < 4.78 is 0. The van der Waals surface area contributed by atoms with E-state index in [-0.39, 0.29) is 5.41 Å². The highest BCUT2D eigenvalue weighted by molar-refractivity contribution is 7.12. The highest BCUT2D eigenvalue weighted by Crippen LogP contribution is 2.36. The second-order valence-electron chi connectivity index (χ2n) is 6.73. The maximum atomic E-state index is 6.06. The van der Waals surface area contributed by atoms with Crippen LogP contribution in [-0.2, 0) is 5.41 Å². The molecule has 1 aliphatic rings. The van der Waals surface area contributed by atoms with Crippen molar-refractivity contribution in [3.63, 3.8) is 0 Å². The fourth-order valence-corrected chi connectivity index (χ4v) is 3.70. The minimum absolute atomic E-state index is 0.246. The van der Waals surface area contributed by atoms with Crippen molar-refractivity contribution >= 4 is 11.3 Å². The van der Waals surface area contributed by atoms with Gasteiger partial charge < -0.3 is 5.73 Å². The van der Waals surface area contributed by atoms with Gasteiger partial charge in [0.15, 0.2) is 0 Å². The van der Waals surface area contributed by atoms with Gasteiger partial charge in [0.05, 0.1) is 6.04 Å². The van der Waals surface area contributed by atoms with Gasteiger partial charge in [-0.3, -0.25) is 4.90 Å².